The summed E-state index contributed by atoms with van der Waals surface area (Å²) in [6.45, 7) is 5.93. The summed E-state index contributed by atoms with van der Waals surface area (Å²) < 4.78 is 0. The van der Waals surface area contributed by atoms with Crippen LogP contribution in [0.1, 0.15) is 31.4 Å². The fourth-order valence-corrected chi connectivity index (χ4v) is 3.60. The van der Waals surface area contributed by atoms with Crippen LogP contribution in [0, 0.1) is 5.92 Å². The summed E-state index contributed by atoms with van der Waals surface area (Å²) in [6, 6.07) is 9.54. The van der Waals surface area contributed by atoms with Crippen LogP contribution in [0.15, 0.2) is 24.3 Å². The molecule has 2 aliphatic rings. The third-order valence-corrected chi connectivity index (χ3v) is 4.80. The van der Waals surface area contributed by atoms with Crippen LogP contribution in [0.4, 0.5) is 0 Å². The molecule has 2 heterocycles. The summed E-state index contributed by atoms with van der Waals surface area (Å²) in [4.78, 5) is 2.61. The van der Waals surface area contributed by atoms with Gasteiger partial charge in [-0.3, -0.25) is 4.90 Å². The fourth-order valence-electron chi connectivity index (χ4n) is 3.40. The van der Waals surface area contributed by atoms with Crippen LogP contribution in [0.3, 0.4) is 0 Å². The zero-order valence-corrected chi connectivity index (χ0v) is 11.7. The van der Waals surface area contributed by atoms with E-state index in [0.717, 1.165) is 17.0 Å². The Morgan fingerprint density at radius 3 is 3.11 bits per heavy atom. The van der Waals surface area contributed by atoms with E-state index in [9.17, 15) is 0 Å². The Balaban J connectivity index is 1.71. The van der Waals surface area contributed by atoms with Gasteiger partial charge in [0.05, 0.1) is 0 Å². The first kappa shape index (κ1) is 12.5. The fraction of sp³-hybridized carbons (Fsp3) is 0.600. The molecule has 3 rings (SSSR count). The number of fused-ring (bicyclic) bond motifs is 1. The Morgan fingerprint density at radius 1 is 1.39 bits per heavy atom. The third kappa shape index (κ3) is 2.42. The van der Waals surface area contributed by atoms with Gasteiger partial charge in [0.2, 0.25) is 0 Å². The Kier molecular flexibility index (Phi) is 3.60. The number of nitrogens with zero attached hydrogens (tertiary/aromatic N) is 1. The minimum Gasteiger partial charge on any atom is -0.314 e. The molecule has 2 fully saturated rings. The van der Waals surface area contributed by atoms with Crippen LogP contribution < -0.4 is 5.32 Å². The van der Waals surface area contributed by atoms with Gasteiger partial charge in [-0.15, -0.1) is 0 Å². The predicted molar refractivity (Wildman–Crippen MR) is 76.0 cm³/mol. The van der Waals surface area contributed by atoms with Crippen LogP contribution in [0.2, 0.25) is 5.02 Å². The Labute approximate surface area is 114 Å². The maximum absolute atomic E-state index is 6.09. The molecule has 18 heavy (non-hydrogen) atoms. The highest BCUT2D eigenvalue weighted by Crippen LogP contribution is 2.31. The second-order valence-electron chi connectivity index (χ2n) is 5.62. The normalized spacial score (nSPS) is 30.1. The number of piperidine rings is 1. The van der Waals surface area contributed by atoms with Gasteiger partial charge >= 0.3 is 0 Å². The highest BCUT2D eigenvalue weighted by molar-refractivity contribution is 6.30. The number of likely N-dealkylation sites (tertiary alicyclic amines) is 1. The molecule has 3 atom stereocenters. The minimum atomic E-state index is 0.477. The van der Waals surface area contributed by atoms with Crippen LogP contribution in [0.25, 0.3) is 0 Å². The van der Waals surface area contributed by atoms with E-state index in [-0.39, 0.29) is 0 Å². The lowest BCUT2D eigenvalue weighted by atomic mass is 9.91. The lowest BCUT2D eigenvalue weighted by Gasteiger charge is -2.38. The van der Waals surface area contributed by atoms with E-state index >= 15 is 0 Å². The van der Waals surface area contributed by atoms with Gasteiger partial charge < -0.3 is 5.32 Å². The SMILES string of the molecule is CC(c1cccc(Cl)c1)N1CCC2NCCC2C1. The molecule has 3 unspecified atom stereocenters. The van der Waals surface area contributed by atoms with Crippen molar-refractivity contribution in [3.63, 3.8) is 0 Å². The molecule has 2 nitrogen and oxygen atoms in total. The van der Waals surface area contributed by atoms with Crippen LogP contribution in [-0.4, -0.2) is 30.6 Å². The number of benzene rings is 1. The Hall–Kier alpha value is -0.570. The predicted octanol–water partition coefficient (Wildman–Crippen LogP) is 3.08. The summed E-state index contributed by atoms with van der Waals surface area (Å²) in [6.07, 6.45) is 2.62. The largest absolute Gasteiger partial charge is 0.314 e. The summed E-state index contributed by atoms with van der Waals surface area (Å²) in [5.41, 5.74) is 1.34. The van der Waals surface area contributed by atoms with Crippen molar-refractivity contribution in [1.82, 2.24) is 10.2 Å². The van der Waals surface area contributed by atoms with Crippen LogP contribution in [0.5, 0.6) is 0 Å². The number of halogens is 1. The first-order valence-electron chi connectivity index (χ1n) is 6.97. The first-order chi connectivity index (χ1) is 8.74. The van der Waals surface area contributed by atoms with E-state index in [2.05, 4.69) is 35.3 Å². The van der Waals surface area contributed by atoms with Gasteiger partial charge in [0.1, 0.15) is 0 Å². The molecule has 1 aromatic rings. The van der Waals surface area contributed by atoms with Crippen molar-refractivity contribution < 1.29 is 0 Å². The molecular formula is C15H21ClN2. The van der Waals surface area contributed by atoms with E-state index < -0.39 is 0 Å². The molecule has 2 aliphatic heterocycles. The van der Waals surface area contributed by atoms with Gasteiger partial charge in [-0.2, -0.15) is 0 Å². The molecule has 0 aliphatic carbocycles. The highest BCUT2D eigenvalue weighted by Gasteiger charge is 2.34. The van der Waals surface area contributed by atoms with Crippen molar-refractivity contribution in [2.24, 2.45) is 5.92 Å². The van der Waals surface area contributed by atoms with Crippen LogP contribution in [-0.2, 0) is 0 Å². The average Bonchev–Trinajstić information content (AvgIpc) is 2.85. The molecule has 1 aromatic carbocycles. The Bertz CT molecular complexity index is 421. The van der Waals surface area contributed by atoms with Crippen molar-refractivity contribution in [2.45, 2.75) is 31.8 Å². The molecular weight excluding hydrogens is 244 g/mol. The van der Waals surface area contributed by atoms with Gasteiger partial charge in [-0.05, 0) is 49.9 Å². The molecule has 0 saturated carbocycles. The smallest absolute Gasteiger partial charge is 0.0409 e. The molecule has 0 radical (unpaired) electrons. The first-order valence-corrected chi connectivity index (χ1v) is 7.35. The lowest BCUT2D eigenvalue weighted by molar-refractivity contribution is 0.122. The quantitative estimate of drug-likeness (QED) is 0.883. The average molecular weight is 265 g/mol. The number of rotatable bonds is 2. The third-order valence-electron chi connectivity index (χ3n) is 4.57. The minimum absolute atomic E-state index is 0.477. The second-order valence-corrected chi connectivity index (χ2v) is 6.06. The standard InChI is InChI=1S/C15H21ClN2/c1-11(12-3-2-4-14(16)9-12)18-8-6-15-13(10-18)5-7-17-15/h2-4,9,11,13,15,17H,5-8,10H2,1H3. The van der Waals surface area contributed by atoms with Crippen molar-refractivity contribution in [3.05, 3.63) is 34.9 Å². The summed E-state index contributed by atoms with van der Waals surface area (Å²) in [5, 5.41) is 4.46. The van der Waals surface area contributed by atoms with E-state index in [0.29, 0.717) is 6.04 Å². The molecule has 98 valence electrons. The maximum atomic E-state index is 6.09. The molecule has 3 heteroatoms. The van der Waals surface area contributed by atoms with Gasteiger partial charge in [0.25, 0.3) is 0 Å². The van der Waals surface area contributed by atoms with E-state index in [1.165, 1.54) is 38.0 Å². The van der Waals surface area contributed by atoms with Crippen molar-refractivity contribution in [1.29, 1.82) is 0 Å². The highest BCUT2D eigenvalue weighted by atomic mass is 35.5. The van der Waals surface area contributed by atoms with Crippen LogP contribution >= 0.6 is 11.6 Å². The van der Waals surface area contributed by atoms with Gasteiger partial charge in [0, 0.05) is 30.2 Å². The molecule has 1 N–H and O–H groups in total. The summed E-state index contributed by atoms with van der Waals surface area (Å²) >= 11 is 6.09. The molecule has 0 spiro atoms. The molecule has 0 amide bonds. The van der Waals surface area contributed by atoms with Gasteiger partial charge in [-0.1, -0.05) is 23.7 Å². The van der Waals surface area contributed by atoms with E-state index in [4.69, 9.17) is 11.6 Å². The Morgan fingerprint density at radius 2 is 2.28 bits per heavy atom. The molecule has 0 bridgehead atoms. The molecule has 2 saturated heterocycles. The summed E-state index contributed by atoms with van der Waals surface area (Å²) in [7, 11) is 0. The van der Waals surface area contributed by atoms with E-state index in [1.54, 1.807) is 0 Å². The second kappa shape index (κ2) is 5.20. The number of hydrogen-bond donors (Lipinski definition) is 1. The zero-order chi connectivity index (χ0) is 12.5. The van der Waals surface area contributed by atoms with Crippen molar-refractivity contribution >= 4 is 11.6 Å². The zero-order valence-electron chi connectivity index (χ0n) is 10.9. The van der Waals surface area contributed by atoms with Crippen molar-refractivity contribution in [2.75, 3.05) is 19.6 Å². The maximum Gasteiger partial charge on any atom is 0.0409 e. The lowest BCUT2D eigenvalue weighted by Crippen LogP contribution is -2.45. The number of nitrogens with one attached hydrogen (secondary N) is 1. The van der Waals surface area contributed by atoms with E-state index in [1.807, 2.05) is 6.07 Å². The van der Waals surface area contributed by atoms with Gasteiger partial charge in [-0.25, -0.2) is 0 Å². The summed E-state index contributed by atoms with van der Waals surface area (Å²) in [5.74, 6) is 0.848. The number of hydrogen-bond acceptors (Lipinski definition) is 2. The monoisotopic (exact) mass is 264 g/mol. The van der Waals surface area contributed by atoms with Crippen molar-refractivity contribution in [3.8, 4) is 0 Å². The van der Waals surface area contributed by atoms with Gasteiger partial charge in [0.15, 0.2) is 0 Å². The molecule has 0 aromatic heterocycles. The topological polar surface area (TPSA) is 15.3 Å².